The summed E-state index contributed by atoms with van der Waals surface area (Å²) in [6.07, 6.45) is 0. The molecule has 0 fully saturated rings. The Kier molecular flexibility index (Phi) is 6.10. The van der Waals surface area contributed by atoms with Crippen LogP contribution >= 0.6 is 0 Å². The molecule has 0 radical (unpaired) electrons. The number of carbonyl (C=O) groups excluding carboxylic acids is 2. The van der Waals surface area contributed by atoms with Crippen molar-refractivity contribution in [2.45, 2.75) is 0 Å². The third-order valence-electron chi connectivity index (χ3n) is 8.60. The predicted octanol–water partition coefficient (Wildman–Crippen LogP) is 9.34. The number of nitrogens with zero attached hydrogens (tertiary/aromatic N) is 4. The molecule has 2 amide bonds. The Morgan fingerprint density at radius 1 is 0.587 bits per heavy atom. The highest BCUT2D eigenvalue weighted by molar-refractivity contribution is 6.36. The SMILES string of the molecule is [C-]#[N+]c1ccc(-c2ccc3c(c2)c2ccccc2n3-c2cccc3c2C(=O)N(c2ccccc2-c2ccccc2)C3=O)c(C#N)c1. The van der Waals surface area contributed by atoms with Crippen molar-refractivity contribution < 1.29 is 9.59 Å². The molecule has 7 aromatic rings. The molecular formula is C40H22N4O2. The van der Waals surface area contributed by atoms with E-state index in [1.165, 1.54) is 4.90 Å². The Balaban J connectivity index is 1.32. The lowest BCUT2D eigenvalue weighted by Crippen LogP contribution is -2.30. The number of carbonyl (C=O) groups is 2. The summed E-state index contributed by atoms with van der Waals surface area (Å²) in [7, 11) is 0. The van der Waals surface area contributed by atoms with Gasteiger partial charge in [-0.2, -0.15) is 5.26 Å². The maximum Gasteiger partial charge on any atom is 0.268 e. The first-order chi connectivity index (χ1) is 22.6. The smallest absolute Gasteiger partial charge is 0.268 e. The topological polar surface area (TPSA) is 70.5 Å². The number of anilines is 1. The summed E-state index contributed by atoms with van der Waals surface area (Å²) in [5.74, 6) is -0.736. The van der Waals surface area contributed by atoms with E-state index in [2.05, 4.69) is 10.9 Å². The van der Waals surface area contributed by atoms with Crippen molar-refractivity contribution in [2.75, 3.05) is 4.90 Å². The number of nitriles is 1. The molecule has 0 saturated carbocycles. The molecule has 0 N–H and O–H groups in total. The fourth-order valence-corrected chi connectivity index (χ4v) is 6.55. The van der Waals surface area contributed by atoms with E-state index in [1.807, 2.05) is 120 Å². The highest BCUT2D eigenvalue weighted by Gasteiger charge is 2.40. The Bertz CT molecular complexity index is 2500. The molecule has 0 spiro atoms. The number of hydrogen-bond acceptors (Lipinski definition) is 3. The molecule has 0 atom stereocenters. The first-order valence-corrected chi connectivity index (χ1v) is 14.7. The van der Waals surface area contributed by atoms with E-state index in [1.54, 1.807) is 18.2 Å². The molecular weight excluding hydrogens is 568 g/mol. The van der Waals surface area contributed by atoms with Gasteiger partial charge in [0.1, 0.15) is 0 Å². The van der Waals surface area contributed by atoms with E-state index in [0.717, 1.165) is 44.1 Å². The molecule has 6 aromatic carbocycles. The van der Waals surface area contributed by atoms with Crippen molar-refractivity contribution in [1.82, 2.24) is 4.57 Å². The summed E-state index contributed by atoms with van der Waals surface area (Å²) in [5, 5.41) is 11.7. The van der Waals surface area contributed by atoms with E-state index in [9.17, 15) is 14.9 Å². The van der Waals surface area contributed by atoms with Crippen molar-refractivity contribution in [1.29, 1.82) is 5.26 Å². The monoisotopic (exact) mass is 590 g/mol. The lowest BCUT2D eigenvalue weighted by atomic mass is 9.98. The van der Waals surface area contributed by atoms with Gasteiger partial charge in [-0.1, -0.05) is 91.0 Å². The van der Waals surface area contributed by atoms with Crippen LogP contribution in [0.25, 0.3) is 54.6 Å². The Morgan fingerprint density at radius 2 is 1.30 bits per heavy atom. The quantitative estimate of drug-likeness (QED) is 0.151. The standard InChI is InChI=1S/C40H22N4O2/c1-42-28-19-20-29(27(22-28)24-41)26-18-21-36-33(23-26)31-13-6-8-16-35(31)43(36)37-17-9-14-32-38(37)40(46)44(39(32)45)34-15-7-5-12-30(34)25-10-3-2-4-11-25/h2-23H. The van der Waals surface area contributed by atoms with Crippen LogP contribution < -0.4 is 4.90 Å². The molecule has 6 nitrogen and oxygen atoms in total. The van der Waals surface area contributed by atoms with Gasteiger partial charge in [-0.25, -0.2) is 9.74 Å². The van der Waals surface area contributed by atoms with Crippen LogP contribution in [-0.2, 0) is 0 Å². The Labute approximate surface area is 264 Å². The summed E-state index contributed by atoms with van der Waals surface area (Å²) in [5.41, 5.74) is 7.74. The van der Waals surface area contributed by atoms with Gasteiger partial charge in [0.2, 0.25) is 0 Å². The van der Waals surface area contributed by atoms with Crippen LogP contribution in [-0.4, -0.2) is 16.4 Å². The summed E-state index contributed by atoms with van der Waals surface area (Å²) in [6.45, 7) is 7.33. The number of aromatic nitrogens is 1. The van der Waals surface area contributed by atoms with Crippen LogP contribution in [0.2, 0.25) is 0 Å². The van der Waals surface area contributed by atoms with E-state index in [0.29, 0.717) is 33.8 Å². The summed E-state index contributed by atoms with van der Waals surface area (Å²) < 4.78 is 2.04. The molecule has 6 heteroatoms. The van der Waals surface area contributed by atoms with E-state index in [4.69, 9.17) is 6.57 Å². The molecule has 0 aliphatic carbocycles. The van der Waals surface area contributed by atoms with Gasteiger partial charge in [-0.15, -0.1) is 0 Å². The maximum atomic E-state index is 14.4. The Morgan fingerprint density at radius 3 is 2.13 bits per heavy atom. The third kappa shape index (κ3) is 3.95. The molecule has 0 bridgehead atoms. The normalized spacial score (nSPS) is 12.3. The van der Waals surface area contributed by atoms with Crippen LogP contribution in [0.1, 0.15) is 26.3 Å². The largest absolute Gasteiger partial charge is 0.308 e. The van der Waals surface area contributed by atoms with E-state index in [-0.39, 0.29) is 11.8 Å². The van der Waals surface area contributed by atoms with Gasteiger partial charge in [0, 0.05) is 21.9 Å². The van der Waals surface area contributed by atoms with Crippen LogP contribution in [0.15, 0.2) is 133 Å². The first-order valence-electron chi connectivity index (χ1n) is 14.7. The molecule has 1 aromatic heterocycles. The van der Waals surface area contributed by atoms with Gasteiger partial charge in [0.25, 0.3) is 11.8 Å². The van der Waals surface area contributed by atoms with Gasteiger partial charge in [0.05, 0.1) is 46.2 Å². The second kappa shape index (κ2) is 10.4. The lowest BCUT2D eigenvalue weighted by Gasteiger charge is -2.18. The van der Waals surface area contributed by atoms with Gasteiger partial charge in [-0.3, -0.25) is 9.59 Å². The van der Waals surface area contributed by atoms with Crippen molar-refractivity contribution in [3.05, 3.63) is 162 Å². The molecule has 0 unspecified atom stereocenters. The zero-order valence-corrected chi connectivity index (χ0v) is 24.3. The zero-order chi connectivity index (χ0) is 31.4. The van der Waals surface area contributed by atoms with Gasteiger partial charge in [-0.05, 0) is 59.2 Å². The first kappa shape index (κ1) is 26.8. The van der Waals surface area contributed by atoms with Crippen molar-refractivity contribution in [3.63, 3.8) is 0 Å². The molecule has 1 aliphatic heterocycles. The van der Waals surface area contributed by atoms with Gasteiger partial charge in [0.15, 0.2) is 5.69 Å². The number of imide groups is 1. The van der Waals surface area contributed by atoms with E-state index < -0.39 is 0 Å². The van der Waals surface area contributed by atoms with Gasteiger partial charge >= 0.3 is 0 Å². The van der Waals surface area contributed by atoms with Crippen molar-refractivity contribution >= 4 is 45.0 Å². The lowest BCUT2D eigenvalue weighted by molar-refractivity contribution is 0.0926. The van der Waals surface area contributed by atoms with Crippen molar-refractivity contribution in [3.8, 4) is 34.0 Å². The van der Waals surface area contributed by atoms with Crippen LogP contribution in [0.4, 0.5) is 11.4 Å². The molecule has 2 heterocycles. The third-order valence-corrected chi connectivity index (χ3v) is 8.60. The molecule has 0 saturated heterocycles. The number of benzene rings is 6. The highest BCUT2D eigenvalue weighted by atomic mass is 16.2. The number of amides is 2. The number of para-hydroxylation sites is 2. The molecule has 1 aliphatic rings. The average molecular weight is 591 g/mol. The maximum absolute atomic E-state index is 14.4. The van der Waals surface area contributed by atoms with Crippen LogP contribution in [0.3, 0.4) is 0 Å². The molecule has 8 rings (SSSR count). The van der Waals surface area contributed by atoms with Gasteiger partial charge < -0.3 is 4.57 Å². The number of hydrogen-bond donors (Lipinski definition) is 0. The van der Waals surface area contributed by atoms with Crippen LogP contribution in [0, 0.1) is 17.9 Å². The fourth-order valence-electron chi connectivity index (χ4n) is 6.55. The minimum Gasteiger partial charge on any atom is -0.308 e. The summed E-state index contributed by atoms with van der Waals surface area (Å²) >= 11 is 0. The van der Waals surface area contributed by atoms with Crippen molar-refractivity contribution in [2.24, 2.45) is 0 Å². The Hall–Kier alpha value is -6.76. The fraction of sp³-hybridized carbons (Fsp3) is 0. The minimum absolute atomic E-state index is 0.351. The van der Waals surface area contributed by atoms with E-state index >= 15 is 0 Å². The number of rotatable bonds is 4. The highest BCUT2D eigenvalue weighted by Crippen LogP contribution is 2.41. The second-order valence-electron chi connectivity index (χ2n) is 11.1. The summed E-state index contributed by atoms with van der Waals surface area (Å²) in [6, 6.07) is 43.9. The summed E-state index contributed by atoms with van der Waals surface area (Å²) in [4.78, 5) is 33.1. The number of fused-ring (bicyclic) bond motifs is 4. The predicted molar refractivity (Wildman–Crippen MR) is 180 cm³/mol. The molecule has 214 valence electrons. The van der Waals surface area contributed by atoms with Crippen LogP contribution in [0.5, 0.6) is 0 Å². The minimum atomic E-state index is -0.375. The second-order valence-corrected chi connectivity index (χ2v) is 11.1. The molecule has 46 heavy (non-hydrogen) atoms. The zero-order valence-electron chi connectivity index (χ0n) is 24.3. The average Bonchev–Trinajstić information content (AvgIpc) is 3.58.